The molecule has 0 aliphatic carbocycles. The van der Waals surface area contributed by atoms with E-state index in [-0.39, 0.29) is 5.91 Å². The molecule has 1 atom stereocenters. The van der Waals surface area contributed by atoms with E-state index >= 15 is 0 Å². The van der Waals surface area contributed by atoms with Crippen LogP contribution in [0.2, 0.25) is 5.15 Å². The molecule has 1 amide bonds. The van der Waals surface area contributed by atoms with Crippen LogP contribution in [-0.2, 0) is 0 Å². The lowest BCUT2D eigenvalue weighted by Gasteiger charge is -2.09. The molecule has 1 N–H and O–H groups in total. The molecule has 86 valence electrons. The predicted molar refractivity (Wildman–Crippen MR) is 67.1 cm³/mol. The summed E-state index contributed by atoms with van der Waals surface area (Å²) in [6.45, 7) is 0.740. The molecule has 1 aromatic rings. The smallest absolute Gasteiger partial charge is 0.251 e. The second-order valence-corrected chi connectivity index (χ2v) is 5.51. The van der Waals surface area contributed by atoms with E-state index in [2.05, 4.69) is 10.3 Å². The average molecular weight is 257 g/mol. The van der Waals surface area contributed by atoms with E-state index in [1.165, 1.54) is 18.6 Å². The minimum Gasteiger partial charge on any atom is -0.351 e. The Bertz CT molecular complexity index is 380. The van der Waals surface area contributed by atoms with E-state index in [1.54, 1.807) is 18.3 Å². The fourth-order valence-electron chi connectivity index (χ4n) is 1.66. The Labute approximate surface area is 104 Å². The first-order valence-corrected chi connectivity index (χ1v) is 6.70. The molecule has 2 heterocycles. The highest BCUT2D eigenvalue weighted by Crippen LogP contribution is 2.25. The molecule has 0 aromatic carbocycles. The van der Waals surface area contributed by atoms with Gasteiger partial charge in [0.2, 0.25) is 0 Å². The van der Waals surface area contributed by atoms with Crippen molar-refractivity contribution in [2.75, 3.05) is 12.3 Å². The summed E-state index contributed by atoms with van der Waals surface area (Å²) in [5, 5.41) is 3.84. The minimum atomic E-state index is -0.0724. The number of aromatic nitrogens is 1. The topological polar surface area (TPSA) is 42.0 Å². The highest BCUT2D eigenvalue weighted by atomic mass is 35.5. The molecule has 1 aliphatic rings. The molecule has 2 rings (SSSR count). The predicted octanol–water partition coefficient (Wildman–Crippen LogP) is 2.36. The largest absolute Gasteiger partial charge is 0.351 e. The van der Waals surface area contributed by atoms with Crippen LogP contribution in [0.5, 0.6) is 0 Å². The van der Waals surface area contributed by atoms with Crippen molar-refractivity contribution < 1.29 is 4.79 Å². The average Bonchev–Trinajstić information content (AvgIpc) is 2.78. The first kappa shape index (κ1) is 11.7. The Hall–Kier alpha value is -0.740. The summed E-state index contributed by atoms with van der Waals surface area (Å²) >= 11 is 7.65. The number of hydrogen-bond acceptors (Lipinski definition) is 3. The van der Waals surface area contributed by atoms with Gasteiger partial charge in [0.25, 0.3) is 5.91 Å². The Morgan fingerprint density at radius 2 is 2.56 bits per heavy atom. The third kappa shape index (κ3) is 3.12. The normalized spacial score (nSPS) is 19.7. The maximum atomic E-state index is 11.7. The molecule has 16 heavy (non-hydrogen) atoms. The van der Waals surface area contributed by atoms with E-state index in [4.69, 9.17) is 11.6 Å². The summed E-state index contributed by atoms with van der Waals surface area (Å²) in [6, 6.07) is 3.25. The van der Waals surface area contributed by atoms with Crippen LogP contribution in [0, 0.1) is 0 Å². The summed E-state index contributed by atoms with van der Waals surface area (Å²) in [6.07, 6.45) is 4.00. The highest BCUT2D eigenvalue weighted by Gasteiger charge is 2.16. The van der Waals surface area contributed by atoms with Crippen LogP contribution in [0.3, 0.4) is 0 Å². The number of pyridine rings is 1. The molecule has 1 unspecified atom stereocenters. The Morgan fingerprint density at radius 1 is 1.69 bits per heavy atom. The Kier molecular flexibility index (Phi) is 4.07. The summed E-state index contributed by atoms with van der Waals surface area (Å²) in [4.78, 5) is 15.6. The molecular formula is C11H13ClN2OS. The van der Waals surface area contributed by atoms with E-state index in [9.17, 15) is 4.79 Å². The third-order valence-electron chi connectivity index (χ3n) is 2.50. The lowest BCUT2D eigenvalue weighted by Crippen LogP contribution is -2.29. The first-order valence-electron chi connectivity index (χ1n) is 5.27. The number of rotatable bonds is 3. The summed E-state index contributed by atoms with van der Waals surface area (Å²) < 4.78 is 0. The fraction of sp³-hybridized carbons (Fsp3) is 0.455. The summed E-state index contributed by atoms with van der Waals surface area (Å²) in [5.41, 5.74) is 0.572. The van der Waals surface area contributed by atoms with Crippen LogP contribution < -0.4 is 5.32 Å². The maximum Gasteiger partial charge on any atom is 0.251 e. The Balaban J connectivity index is 1.87. The fourth-order valence-corrected chi connectivity index (χ4v) is 3.03. The molecule has 1 aromatic heterocycles. The Morgan fingerprint density at radius 3 is 3.25 bits per heavy atom. The van der Waals surface area contributed by atoms with Gasteiger partial charge in [0.15, 0.2) is 0 Å². The van der Waals surface area contributed by atoms with Crippen LogP contribution >= 0.6 is 23.4 Å². The van der Waals surface area contributed by atoms with E-state index < -0.39 is 0 Å². The van der Waals surface area contributed by atoms with Crippen molar-refractivity contribution in [3.8, 4) is 0 Å². The van der Waals surface area contributed by atoms with Crippen molar-refractivity contribution in [1.29, 1.82) is 0 Å². The summed E-state index contributed by atoms with van der Waals surface area (Å²) in [7, 11) is 0. The number of thioether (sulfide) groups is 1. The number of carbonyl (C=O) groups is 1. The zero-order chi connectivity index (χ0) is 11.4. The zero-order valence-electron chi connectivity index (χ0n) is 8.78. The number of halogens is 1. The van der Waals surface area contributed by atoms with E-state index in [0.29, 0.717) is 16.0 Å². The zero-order valence-corrected chi connectivity index (χ0v) is 10.4. The van der Waals surface area contributed by atoms with Gasteiger partial charge in [-0.15, -0.1) is 0 Å². The molecule has 5 heteroatoms. The lowest BCUT2D eigenvalue weighted by atomic mass is 10.2. The van der Waals surface area contributed by atoms with Gasteiger partial charge in [0.05, 0.1) is 0 Å². The number of hydrogen-bond donors (Lipinski definition) is 1. The van der Waals surface area contributed by atoms with Crippen LogP contribution in [0.15, 0.2) is 18.3 Å². The van der Waals surface area contributed by atoms with Gasteiger partial charge in [-0.25, -0.2) is 4.98 Å². The van der Waals surface area contributed by atoms with E-state index in [1.807, 2.05) is 11.8 Å². The number of nitrogens with zero attached hydrogens (tertiary/aromatic N) is 1. The standard InChI is InChI=1S/C11H13ClN2OS/c12-10-6-8(3-4-13-10)11(15)14-7-9-2-1-5-16-9/h3-4,6,9H,1-2,5,7H2,(H,14,15). The van der Waals surface area contributed by atoms with Gasteiger partial charge in [-0.05, 0) is 30.7 Å². The quantitative estimate of drug-likeness (QED) is 0.845. The van der Waals surface area contributed by atoms with E-state index in [0.717, 1.165) is 6.54 Å². The third-order valence-corrected chi connectivity index (χ3v) is 4.11. The van der Waals surface area contributed by atoms with Gasteiger partial charge in [-0.2, -0.15) is 11.8 Å². The second-order valence-electron chi connectivity index (χ2n) is 3.71. The van der Waals surface area contributed by atoms with Crippen molar-refractivity contribution in [3.63, 3.8) is 0 Å². The van der Waals surface area contributed by atoms with Gasteiger partial charge >= 0.3 is 0 Å². The highest BCUT2D eigenvalue weighted by molar-refractivity contribution is 8.00. The van der Waals surface area contributed by atoms with Crippen molar-refractivity contribution in [3.05, 3.63) is 29.0 Å². The van der Waals surface area contributed by atoms with Gasteiger partial charge in [-0.3, -0.25) is 4.79 Å². The van der Waals surface area contributed by atoms with Crippen molar-refractivity contribution in [2.24, 2.45) is 0 Å². The van der Waals surface area contributed by atoms with Crippen LogP contribution in [0.25, 0.3) is 0 Å². The van der Waals surface area contributed by atoms with Gasteiger partial charge in [0, 0.05) is 23.6 Å². The summed E-state index contributed by atoms with van der Waals surface area (Å²) in [5.74, 6) is 1.14. The number of amides is 1. The van der Waals surface area contributed by atoms with Crippen LogP contribution in [0.1, 0.15) is 23.2 Å². The van der Waals surface area contributed by atoms with Gasteiger partial charge in [0.1, 0.15) is 5.15 Å². The van der Waals surface area contributed by atoms with Crippen molar-refractivity contribution in [1.82, 2.24) is 10.3 Å². The molecule has 1 saturated heterocycles. The maximum absolute atomic E-state index is 11.7. The van der Waals surface area contributed by atoms with Crippen LogP contribution in [0.4, 0.5) is 0 Å². The van der Waals surface area contributed by atoms with Crippen LogP contribution in [-0.4, -0.2) is 28.4 Å². The van der Waals surface area contributed by atoms with Crippen molar-refractivity contribution in [2.45, 2.75) is 18.1 Å². The van der Waals surface area contributed by atoms with Gasteiger partial charge in [-0.1, -0.05) is 11.6 Å². The molecule has 1 aliphatic heterocycles. The minimum absolute atomic E-state index is 0.0724. The SMILES string of the molecule is O=C(NCC1CCCS1)c1ccnc(Cl)c1. The molecule has 0 spiro atoms. The molecule has 3 nitrogen and oxygen atoms in total. The van der Waals surface area contributed by atoms with Gasteiger partial charge < -0.3 is 5.32 Å². The molecular weight excluding hydrogens is 244 g/mol. The molecule has 0 bridgehead atoms. The molecule has 0 radical (unpaired) electrons. The lowest BCUT2D eigenvalue weighted by molar-refractivity contribution is 0.0953. The number of nitrogens with one attached hydrogen (secondary N) is 1. The monoisotopic (exact) mass is 256 g/mol. The second kappa shape index (κ2) is 5.55. The van der Waals surface area contributed by atoms with Crippen molar-refractivity contribution >= 4 is 29.3 Å². The molecule has 1 fully saturated rings. The first-order chi connectivity index (χ1) is 7.75. The number of carbonyl (C=O) groups excluding carboxylic acids is 1. The molecule has 0 saturated carbocycles.